The zero-order chi connectivity index (χ0) is 22.4. The minimum Gasteiger partial charge on any atom is -0.203 e. The van der Waals surface area contributed by atoms with Crippen molar-refractivity contribution in [1.29, 1.82) is 0 Å². The molecule has 4 aromatic rings. The molecule has 4 rings (SSSR count). The molecule has 32 heavy (non-hydrogen) atoms. The number of rotatable bonds is 8. The standard InChI is InChI=1S/C29H28F2P/c1-2-3-13-23-20-21-24(29(31)28(23)30)22-32(25-14-7-4-8-15-25,26-16-9-5-10-17-26)27-18-11-6-12-19-27/h4-12,14-21H,2-3,13,22H2,1H3/q+1. The minimum absolute atomic E-state index is 0.432. The van der Waals surface area contributed by atoms with E-state index in [2.05, 4.69) is 43.3 Å². The second kappa shape index (κ2) is 10.2. The summed E-state index contributed by atoms with van der Waals surface area (Å²) < 4.78 is 30.4. The summed E-state index contributed by atoms with van der Waals surface area (Å²) in [7, 11) is -2.26. The van der Waals surface area contributed by atoms with Gasteiger partial charge in [0.05, 0.1) is 0 Å². The van der Waals surface area contributed by atoms with Crippen LogP contribution in [0.1, 0.15) is 30.9 Å². The molecule has 0 fully saturated rings. The first-order valence-corrected chi connectivity index (χ1v) is 13.1. The van der Waals surface area contributed by atoms with E-state index in [1.54, 1.807) is 12.1 Å². The quantitative estimate of drug-likeness (QED) is 0.262. The Kier molecular flexibility index (Phi) is 7.12. The Balaban J connectivity index is 1.92. The molecule has 0 nitrogen and oxygen atoms in total. The first-order valence-electron chi connectivity index (χ1n) is 11.2. The number of hydrogen-bond donors (Lipinski definition) is 0. The molecule has 0 spiro atoms. The molecular formula is C29H28F2P+. The van der Waals surface area contributed by atoms with Crippen molar-refractivity contribution in [3.8, 4) is 0 Å². The molecule has 0 aliphatic rings. The lowest BCUT2D eigenvalue weighted by Crippen LogP contribution is -2.32. The van der Waals surface area contributed by atoms with E-state index in [-0.39, 0.29) is 0 Å². The van der Waals surface area contributed by atoms with Gasteiger partial charge in [-0.15, -0.1) is 0 Å². The first-order chi connectivity index (χ1) is 15.7. The fourth-order valence-electron chi connectivity index (χ4n) is 4.34. The van der Waals surface area contributed by atoms with Crippen molar-refractivity contribution < 1.29 is 8.78 Å². The number of benzene rings is 4. The van der Waals surface area contributed by atoms with Crippen LogP contribution < -0.4 is 15.9 Å². The van der Waals surface area contributed by atoms with Crippen LogP contribution in [-0.2, 0) is 12.6 Å². The van der Waals surface area contributed by atoms with E-state index in [1.807, 2.05) is 54.6 Å². The van der Waals surface area contributed by atoms with Crippen molar-refractivity contribution in [2.45, 2.75) is 32.3 Å². The van der Waals surface area contributed by atoms with Crippen LogP contribution in [-0.4, -0.2) is 0 Å². The van der Waals surface area contributed by atoms with Crippen LogP contribution in [0.15, 0.2) is 103 Å². The Hall–Kier alpha value is -2.83. The highest BCUT2D eigenvalue weighted by molar-refractivity contribution is 7.95. The largest absolute Gasteiger partial charge is 0.203 e. The normalized spacial score (nSPS) is 11.5. The highest BCUT2D eigenvalue weighted by atomic mass is 31.2. The lowest BCUT2D eigenvalue weighted by molar-refractivity contribution is 0.491. The molecule has 0 N–H and O–H groups in total. The van der Waals surface area contributed by atoms with Crippen LogP contribution in [0.25, 0.3) is 0 Å². The van der Waals surface area contributed by atoms with Gasteiger partial charge >= 0.3 is 0 Å². The fourth-order valence-corrected chi connectivity index (χ4v) is 8.58. The van der Waals surface area contributed by atoms with E-state index in [0.29, 0.717) is 23.7 Å². The second-order valence-corrected chi connectivity index (χ2v) is 11.6. The summed E-state index contributed by atoms with van der Waals surface area (Å²) >= 11 is 0. The van der Waals surface area contributed by atoms with Crippen LogP contribution in [0.4, 0.5) is 8.78 Å². The Morgan fingerprint density at radius 2 is 0.969 bits per heavy atom. The highest BCUT2D eigenvalue weighted by Crippen LogP contribution is 2.58. The van der Waals surface area contributed by atoms with Gasteiger partial charge in [0, 0.05) is 5.56 Å². The average molecular weight is 446 g/mol. The predicted molar refractivity (Wildman–Crippen MR) is 134 cm³/mol. The van der Waals surface area contributed by atoms with Crippen LogP contribution in [0.2, 0.25) is 0 Å². The third-order valence-electron chi connectivity index (χ3n) is 6.04. The van der Waals surface area contributed by atoms with Gasteiger partial charge in [0.2, 0.25) is 0 Å². The van der Waals surface area contributed by atoms with Gasteiger partial charge in [-0.3, -0.25) is 0 Å². The smallest absolute Gasteiger partial charge is 0.165 e. The first kappa shape index (κ1) is 22.4. The molecule has 0 heterocycles. The van der Waals surface area contributed by atoms with E-state index in [1.165, 1.54) is 0 Å². The topological polar surface area (TPSA) is 0 Å². The van der Waals surface area contributed by atoms with E-state index in [4.69, 9.17) is 0 Å². The lowest BCUT2D eigenvalue weighted by Gasteiger charge is -2.28. The zero-order valence-electron chi connectivity index (χ0n) is 18.3. The summed E-state index contributed by atoms with van der Waals surface area (Å²) in [5.41, 5.74) is 0.906. The summed E-state index contributed by atoms with van der Waals surface area (Å²) in [5.74, 6) is -1.39. The minimum atomic E-state index is -2.26. The van der Waals surface area contributed by atoms with Gasteiger partial charge in [-0.1, -0.05) is 80.1 Å². The summed E-state index contributed by atoms with van der Waals surface area (Å²) in [6.07, 6.45) is 2.80. The Morgan fingerprint density at radius 1 is 0.562 bits per heavy atom. The van der Waals surface area contributed by atoms with Crippen LogP contribution in [0.5, 0.6) is 0 Å². The number of aryl methyl sites for hydroxylation is 1. The summed E-state index contributed by atoms with van der Waals surface area (Å²) in [4.78, 5) is 0. The average Bonchev–Trinajstić information content (AvgIpc) is 2.86. The Morgan fingerprint density at radius 3 is 1.41 bits per heavy atom. The van der Waals surface area contributed by atoms with Crippen molar-refractivity contribution in [3.05, 3.63) is 126 Å². The van der Waals surface area contributed by atoms with E-state index in [0.717, 1.165) is 28.8 Å². The number of unbranched alkanes of at least 4 members (excludes halogenated alkanes) is 1. The third kappa shape index (κ3) is 4.38. The number of halogens is 2. The molecule has 0 aliphatic carbocycles. The maximum atomic E-state index is 15.4. The number of hydrogen-bond acceptors (Lipinski definition) is 0. The van der Waals surface area contributed by atoms with E-state index >= 15 is 8.78 Å². The van der Waals surface area contributed by atoms with Gasteiger partial charge in [-0.05, 0) is 54.8 Å². The van der Waals surface area contributed by atoms with Crippen LogP contribution in [0.3, 0.4) is 0 Å². The van der Waals surface area contributed by atoms with Crippen molar-refractivity contribution in [1.82, 2.24) is 0 Å². The SMILES string of the molecule is CCCCc1ccc(C[P+](c2ccccc2)(c2ccccc2)c2ccccc2)c(F)c1F. The summed E-state index contributed by atoms with van der Waals surface area (Å²) in [5, 5.41) is 3.48. The maximum Gasteiger partial charge on any atom is 0.165 e. The van der Waals surface area contributed by atoms with Gasteiger partial charge < -0.3 is 0 Å². The van der Waals surface area contributed by atoms with E-state index in [9.17, 15) is 0 Å². The molecule has 0 amide bonds. The van der Waals surface area contributed by atoms with Gasteiger partial charge in [0.25, 0.3) is 0 Å². The molecule has 0 unspecified atom stereocenters. The van der Waals surface area contributed by atoms with E-state index < -0.39 is 18.9 Å². The van der Waals surface area contributed by atoms with Crippen LogP contribution in [0, 0.1) is 11.6 Å². The monoisotopic (exact) mass is 445 g/mol. The van der Waals surface area contributed by atoms with Gasteiger partial charge in [-0.25, -0.2) is 8.78 Å². The predicted octanol–water partition coefficient (Wildman–Crippen LogP) is 6.80. The van der Waals surface area contributed by atoms with Crippen molar-refractivity contribution >= 4 is 23.2 Å². The fraction of sp³-hybridized carbons (Fsp3) is 0.172. The third-order valence-corrected chi connectivity index (χ3v) is 10.4. The molecule has 4 aromatic carbocycles. The molecule has 162 valence electrons. The molecule has 0 bridgehead atoms. The molecular weight excluding hydrogens is 417 g/mol. The molecule has 0 aliphatic heterocycles. The Bertz CT molecular complexity index is 1050. The van der Waals surface area contributed by atoms with Gasteiger partial charge in [0.15, 0.2) is 11.6 Å². The zero-order valence-corrected chi connectivity index (χ0v) is 19.2. The summed E-state index contributed by atoms with van der Waals surface area (Å²) in [6.45, 7) is 2.06. The van der Waals surface area contributed by atoms with Gasteiger partial charge in [0.1, 0.15) is 29.3 Å². The molecule has 0 radical (unpaired) electrons. The maximum absolute atomic E-state index is 15.4. The molecule has 0 atom stereocenters. The summed E-state index contributed by atoms with van der Waals surface area (Å²) in [6, 6.07) is 34.5. The molecule has 3 heteroatoms. The molecule has 0 saturated carbocycles. The highest BCUT2D eigenvalue weighted by Gasteiger charge is 2.46. The molecule has 0 saturated heterocycles. The van der Waals surface area contributed by atoms with Crippen molar-refractivity contribution in [2.24, 2.45) is 0 Å². The van der Waals surface area contributed by atoms with Crippen LogP contribution >= 0.6 is 7.26 Å². The Labute approximate surface area is 190 Å². The van der Waals surface area contributed by atoms with Crippen molar-refractivity contribution in [3.63, 3.8) is 0 Å². The second-order valence-electron chi connectivity index (χ2n) is 8.09. The lowest BCUT2D eigenvalue weighted by atomic mass is 10.1. The molecule has 0 aromatic heterocycles. The van der Waals surface area contributed by atoms with Gasteiger partial charge in [-0.2, -0.15) is 0 Å². The van der Waals surface area contributed by atoms with Crippen molar-refractivity contribution in [2.75, 3.05) is 0 Å².